The van der Waals surface area contributed by atoms with E-state index in [9.17, 15) is 0 Å². The van der Waals surface area contributed by atoms with Crippen LogP contribution in [0.1, 0.15) is 43.7 Å². The molecule has 0 heterocycles. The van der Waals surface area contributed by atoms with Crippen LogP contribution in [0.2, 0.25) is 0 Å². The van der Waals surface area contributed by atoms with E-state index in [1.165, 1.54) is 36.8 Å². The minimum atomic E-state index is 0.966. The highest BCUT2D eigenvalue weighted by Crippen LogP contribution is 2.01. The number of aliphatic imine (C=N–C) groups is 1. The number of hydrogen-bond acceptors (Lipinski definition) is 1. The van der Waals surface area contributed by atoms with E-state index in [2.05, 4.69) is 43.1 Å². The number of nitrogens with zero attached hydrogens (tertiary/aromatic N) is 1. The van der Waals surface area contributed by atoms with Crippen LogP contribution in [0.4, 0.5) is 0 Å². The molecule has 1 rings (SSSR count). The highest BCUT2D eigenvalue weighted by atomic mass is 14.7. The summed E-state index contributed by atoms with van der Waals surface area (Å²) >= 11 is 0. The van der Waals surface area contributed by atoms with E-state index in [1.807, 2.05) is 6.21 Å². The van der Waals surface area contributed by atoms with Gasteiger partial charge in [0.15, 0.2) is 0 Å². The molecule has 1 aromatic rings. The van der Waals surface area contributed by atoms with Crippen LogP contribution in [0.3, 0.4) is 0 Å². The molecule has 15 heavy (non-hydrogen) atoms. The van der Waals surface area contributed by atoms with Gasteiger partial charge in [-0.3, -0.25) is 4.99 Å². The van der Waals surface area contributed by atoms with E-state index in [0.29, 0.717) is 0 Å². The second kappa shape index (κ2) is 7.22. The maximum atomic E-state index is 4.42. The second-order valence-electron chi connectivity index (χ2n) is 4.01. The Labute approximate surface area is 93.2 Å². The summed E-state index contributed by atoms with van der Waals surface area (Å²) < 4.78 is 0. The van der Waals surface area contributed by atoms with E-state index in [1.54, 1.807) is 0 Å². The van der Waals surface area contributed by atoms with Gasteiger partial charge >= 0.3 is 0 Å². The quantitative estimate of drug-likeness (QED) is 0.489. The first kappa shape index (κ1) is 12.0. The lowest BCUT2D eigenvalue weighted by atomic mass is 10.2. The van der Waals surface area contributed by atoms with E-state index >= 15 is 0 Å². The molecule has 0 saturated carbocycles. The molecule has 0 bridgehead atoms. The largest absolute Gasteiger partial charge is 0.293 e. The standard InChI is InChI=1S/C14H21N/c1-3-4-5-6-11-15-12-14-9-7-13(2)8-10-14/h7-10,12H,3-6,11H2,1-2H3. The van der Waals surface area contributed by atoms with E-state index in [4.69, 9.17) is 0 Å². The topological polar surface area (TPSA) is 12.4 Å². The lowest BCUT2D eigenvalue weighted by molar-refractivity contribution is 0.676. The zero-order chi connectivity index (χ0) is 10.9. The summed E-state index contributed by atoms with van der Waals surface area (Å²) in [5.41, 5.74) is 2.51. The van der Waals surface area contributed by atoms with Crippen molar-refractivity contribution in [2.45, 2.75) is 39.5 Å². The predicted octanol–water partition coefficient (Wildman–Crippen LogP) is 3.99. The Morgan fingerprint density at radius 3 is 2.47 bits per heavy atom. The molecule has 0 aromatic heterocycles. The van der Waals surface area contributed by atoms with Crippen LogP contribution >= 0.6 is 0 Å². The lowest BCUT2D eigenvalue weighted by Crippen LogP contribution is -1.85. The lowest BCUT2D eigenvalue weighted by Gasteiger charge is -1.96. The van der Waals surface area contributed by atoms with Gasteiger partial charge in [0.1, 0.15) is 0 Å². The molecule has 0 amide bonds. The normalized spacial score (nSPS) is 11.1. The Balaban J connectivity index is 2.23. The monoisotopic (exact) mass is 203 g/mol. The van der Waals surface area contributed by atoms with Crippen LogP contribution in [0.15, 0.2) is 29.3 Å². The zero-order valence-corrected chi connectivity index (χ0v) is 9.87. The Morgan fingerprint density at radius 2 is 1.80 bits per heavy atom. The third-order valence-corrected chi connectivity index (χ3v) is 2.46. The Hall–Kier alpha value is -1.11. The Morgan fingerprint density at radius 1 is 1.07 bits per heavy atom. The molecule has 0 aliphatic carbocycles. The molecule has 0 atom stereocenters. The highest BCUT2D eigenvalue weighted by Gasteiger charge is 1.87. The fourth-order valence-corrected chi connectivity index (χ4v) is 1.45. The first-order chi connectivity index (χ1) is 7.33. The van der Waals surface area contributed by atoms with Crippen LogP contribution in [0.25, 0.3) is 0 Å². The third kappa shape index (κ3) is 5.36. The van der Waals surface area contributed by atoms with Crippen molar-refractivity contribution < 1.29 is 0 Å². The van der Waals surface area contributed by atoms with E-state index in [0.717, 1.165) is 6.54 Å². The van der Waals surface area contributed by atoms with Gasteiger partial charge in [-0.15, -0.1) is 0 Å². The van der Waals surface area contributed by atoms with Crippen LogP contribution in [0, 0.1) is 6.92 Å². The van der Waals surface area contributed by atoms with Crippen LogP contribution < -0.4 is 0 Å². The Kier molecular flexibility index (Phi) is 5.76. The van der Waals surface area contributed by atoms with Gasteiger partial charge in [0.05, 0.1) is 0 Å². The van der Waals surface area contributed by atoms with Crippen LogP contribution in [-0.4, -0.2) is 12.8 Å². The number of benzene rings is 1. The van der Waals surface area contributed by atoms with Crippen molar-refractivity contribution in [1.82, 2.24) is 0 Å². The van der Waals surface area contributed by atoms with Crippen molar-refractivity contribution in [3.63, 3.8) is 0 Å². The second-order valence-corrected chi connectivity index (χ2v) is 4.01. The van der Waals surface area contributed by atoms with Crippen molar-refractivity contribution in [3.8, 4) is 0 Å². The first-order valence-electron chi connectivity index (χ1n) is 5.89. The summed E-state index contributed by atoms with van der Waals surface area (Å²) in [6, 6.07) is 8.48. The number of rotatable bonds is 6. The summed E-state index contributed by atoms with van der Waals surface area (Å²) in [6.07, 6.45) is 7.13. The summed E-state index contributed by atoms with van der Waals surface area (Å²) in [5.74, 6) is 0. The van der Waals surface area contributed by atoms with E-state index < -0.39 is 0 Å². The van der Waals surface area contributed by atoms with Gasteiger partial charge in [-0.25, -0.2) is 0 Å². The van der Waals surface area contributed by atoms with Crippen molar-refractivity contribution >= 4 is 6.21 Å². The maximum Gasteiger partial charge on any atom is 0.0389 e. The van der Waals surface area contributed by atoms with E-state index in [-0.39, 0.29) is 0 Å². The molecule has 82 valence electrons. The molecular formula is C14H21N. The van der Waals surface area contributed by atoms with Gasteiger partial charge in [0.25, 0.3) is 0 Å². The number of hydrogen-bond donors (Lipinski definition) is 0. The summed E-state index contributed by atoms with van der Waals surface area (Å²) in [5, 5.41) is 0. The minimum absolute atomic E-state index is 0.966. The molecule has 0 aliphatic heterocycles. The molecule has 0 radical (unpaired) electrons. The van der Waals surface area contributed by atoms with Gasteiger partial charge in [-0.2, -0.15) is 0 Å². The van der Waals surface area contributed by atoms with Gasteiger partial charge < -0.3 is 0 Å². The number of unbranched alkanes of at least 4 members (excludes halogenated alkanes) is 3. The minimum Gasteiger partial charge on any atom is -0.293 e. The van der Waals surface area contributed by atoms with Crippen LogP contribution in [-0.2, 0) is 0 Å². The SMILES string of the molecule is CCCCCCN=Cc1ccc(C)cc1. The fraction of sp³-hybridized carbons (Fsp3) is 0.500. The van der Waals surface area contributed by atoms with Gasteiger partial charge in [0.2, 0.25) is 0 Å². The van der Waals surface area contributed by atoms with Gasteiger partial charge in [-0.05, 0) is 18.9 Å². The Bertz CT molecular complexity index is 285. The zero-order valence-electron chi connectivity index (χ0n) is 9.87. The molecular weight excluding hydrogens is 182 g/mol. The average Bonchev–Trinajstić information content (AvgIpc) is 2.26. The molecule has 1 nitrogen and oxygen atoms in total. The molecule has 0 spiro atoms. The summed E-state index contributed by atoms with van der Waals surface area (Å²) in [7, 11) is 0. The molecule has 1 heteroatoms. The first-order valence-corrected chi connectivity index (χ1v) is 5.89. The molecule has 0 saturated heterocycles. The summed E-state index contributed by atoms with van der Waals surface area (Å²) in [4.78, 5) is 4.42. The van der Waals surface area contributed by atoms with Crippen molar-refractivity contribution in [2.24, 2.45) is 4.99 Å². The fourth-order valence-electron chi connectivity index (χ4n) is 1.45. The predicted molar refractivity (Wildman–Crippen MR) is 67.8 cm³/mol. The highest BCUT2D eigenvalue weighted by molar-refractivity contribution is 5.79. The van der Waals surface area contributed by atoms with Gasteiger partial charge in [-0.1, -0.05) is 56.0 Å². The molecule has 0 N–H and O–H groups in total. The van der Waals surface area contributed by atoms with Crippen molar-refractivity contribution in [1.29, 1.82) is 0 Å². The smallest absolute Gasteiger partial charge is 0.0389 e. The maximum absolute atomic E-state index is 4.42. The average molecular weight is 203 g/mol. The molecule has 0 fully saturated rings. The molecule has 0 aliphatic rings. The number of aryl methyl sites for hydroxylation is 1. The van der Waals surface area contributed by atoms with Gasteiger partial charge in [0, 0.05) is 12.8 Å². The van der Waals surface area contributed by atoms with Crippen LogP contribution in [0.5, 0.6) is 0 Å². The third-order valence-electron chi connectivity index (χ3n) is 2.46. The van der Waals surface area contributed by atoms with Crippen molar-refractivity contribution in [2.75, 3.05) is 6.54 Å². The summed E-state index contributed by atoms with van der Waals surface area (Å²) in [6.45, 7) is 5.30. The van der Waals surface area contributed by atoms with Crippen molar-refractivity contribution in [3.05, 3.63) is 35.4 Å². The molecule has 1 aromatic carbocycles. The molecule has 0 unspecified atom stereocenters.